The van der Waals surface area contributed by atoms with Crippen molar-refractivity contribution in [3.05, 3.63) is 53.6 Å². The lowest BCUT2D eigenvalue weighted by Crippen LogP contribution is -2.41. The van der Waals surface area contributed by atoms with Gasteiger partial charge in [0.15, 0.2) is 0 Å². The number of hydrogen-bond acceptors (Lipinski definition) is 2. The van der Waals surface area contributed by atoms with E-state index in [4.69, 9.17) is 0 Å². The van der Waals surface area contributed by atoms with E-state index in [2.05, 4.69) is 53.0 Å². The van der Waals surface area contributed by atoms with Gasteiger partial charge in [0.1, 0.15) is 0 Å². The lowest BCUT2D eigenvalue weighted by atomic mass is 9.98. The maximum absolute atomic E-state index is 4.32. The number of nitrogens with one attached hydrogen (secondary N) is 1. The molecular formula is C15H19N3. The molecule has 1 fully saturated rings. The predicted octanol–water partition coefficient (Wildman–Crippen LogP) is 2.49. The van der Waals surface area contributed by atoms with Gasteiger partial charge in [0, 0.05) is 30.9 Å². The summed E-state index contributed by atoms with van der Waals surface area (Å²) in [5.74, 6) is 0.625. The monoisotopic (exact) mass is 241 g/mol. The first-order valence-corrected chi connectivity index (χ1v) is 6.54. The standard InChI is InChI=1S/C15H19N3/c1-11-3-5-13(6-4-11)12(2)18-10-17-9-15(18)14-7-16-8-14/h3-6,9-10,12,14,16H,7-8H2,1-2H3. The fourth-order valence-corrected chi connectivity index (χ4v) is 2.46. The molecule has 18 heavy (non-hydrogen) atoms. The van der Waals surface area contributed by atoms with Gasteiger partial charge in [0.05, 0.1) is 12.4 Å². The molecule has 2 aromatic rings. The summed E-state index contributed by atoms with van der Waals surface area (Å²) in [5.41, 5.74) is 3.99. The lowest BCUT2D eigenvalue weighted by Gasteiger charge is -2.29. The van der Waals surface area contributed by atoms with Crippen molar-refractivity contribution in [1.82, 2.24) is 14.9 Å². The zero-order valence-corrected chi connectivity index (χ0v) is 10.9. The molecule has 3 rings (SSSR count). The van der Waals surface area contributed by atoms with Crippen LogP contribution in [0.2, 0.25) is 0 Å². The third kappa shape index (κ3) is 1.95. The Morgan fingerprint density at radius 3 is 2.61 bits per heavy atom. The van der Waals surface area contributed by atoms with Crippen molar-refractivity contribution in [3.8, 4) is 0 Å². The highest BCUT2D eigenvalue weighted by atomic mass is 15.1. The molecule has 0 bridgehead atoms. The van der Waals surface area contributed by atoms with E-state index in [1.54, 1.807) is 0 Å². The van der Waals surface area contributed by atoms with Gasteiger partial charge in [-0.3, -0.25) is 0 Å². The molecule has 1 atom stereocenters. The van der Waals surface area contributed by atoms with Crippen LogP contribution in [0.3, 0.4) is 0 Å². The summed E-state index contributed by atoms with van der Waals surface area (Å²) in [5, 5.41) is 3.32. The Balaban J connectivity index is 1.89. The summed E-state index contributed by atoms with van der Waals surface area (Å²) in [6, 6.07) is 9.12. The van der Waals surface area contributed by atoms with Crippen molar-refractivity contribution >= 4 is 0 Å². The van der Waals surface area contributed by atoms with Crippen molar-refractivity contribution < 1.29 is 0 Å². The van der Waals surface area contributed by atoms with Crippen molar-refractivity contribution in [2.24, 2.45) is 0 Å². The molecule has 1 aromatic carbocycles. The number of imidazole rings is 1. The molecule has 0 radical (unpaired) electrons. The van der Waals surface area contributed by atoms with E-state index in [0.29, 0.717) is 12.0 Å². The first-order valence-electron chi connectivity index (χ1n) is 6.54. The van der Waals surface area contributed by atoms with Crippen molar-refractivity contribution in [2.75, 3.05) is 13.1 Å². The second-order valence-electron chi connectivity index (χ2n) is 5.17. The molecule has 94 valence electrons. The molecule has 0 aliphatic carbocycles. The average Bonchev–Trinajstić information content (AvgIpc) is 2.76. The van der Waals surface area contributed by atoms with Gasteiger partial charge in [-0.2, -0.15) is 0 Å². The number of hydrogen-bond donors (Lipinski definition) is 1. The normalized spacial score (nSPS) is 17.4. The van der Waals surface area contributed by atoms with Gasteiger partial charge in [0.25, 0.3) is 0 Å². The first-order chi connectivity index (χ1) is 8.75. The van der Waals surface area contributed by atoms with Gasteiger partial charge in [0.2, 0.25) is 0 Å². The maximum atomic E-state index is 4.32. The Bertz CT molecular complexity index is 523. The average molecular weight is 241 g/mol. The van der Waals surface area contributed by atoms with E-state index in [0.717, 1.165) is 13.1 Å². The van der Waals surface area contributed by atoms with Gasteiger partial charge in [-0.1, -0.05) is 29.8 Å². The molecule has 2 heterocycles. The summed E-state index contributed by atoms with van der Waals surface area (Å²) in [6.45, 7) is 6.51. The maximum Gasteiger partial charge on any atom is 0.0953 e. The summed E-state index contributed by atoms with van der Waals surface area (Å²) in [4.78, 5) is 4.32. The van der Waals surface area contributed by atoms with Crippen LogP contribution >= 0.6 is 0 Å². The third-order valence-electron chi connectivity index (χ3n) is 3.87. The van der Waals surface area contributed by atoms with E-state index in [1.807, 2.05) is 12.5 Å². The number of aromatic nitrogens is 2. The molecule has 1 aromatic heterocycles. The predicted molar refractivity (Wildman–Crippen MR) is 72.8 cm³/mol. The SMILES string of the molecule is Cc1ccc(C(C)n2cncc2C2CNC2)cc1. The van der Waals surface area contributed by atoms with Crippen molar-refractivity contribution in [2.45, 2.75) is 25.8 Å². The molecule has 1 N–H and O–H groups in total. The highest BCUT2D eigenvalue weighted by molar-refractivity contribution is 5.26. The third-order valence-corrected chi connectivity index (χ3v) is 3.87. The van der Waals surface area contributed by atoms with E-state index in [1.165, 1.54) is 16.8 Å². The number of nitrogens with zero attached hydrogens (tertiary/aromatic N) is 2. The minimum Gasteiger partial charge on any atom is -0.327 e. The van der Waals surface area contributed by atoms with E-state index in [9.17, 15) is 0 Å². The summed E-state index contributed by atoms with van der Waals surface area (Å²) in [6.07, 6.45) is 3.97. The quantitative estimate of drug-likeness (QED) is 0.894. The Labute approximate surface area is 108 Å². The number of aryl methyl sites for hydroxylation is 1. The van der Waals surface area contributed by atoms with Gasteiger partial charge >= 0.3 is 0 Å². The van der Waals surface area contributed by atoms with Crippen LogP contribution in [-0.2, 0) is 0 Å². The minimum atomic E-state index is 0.351. The first kappa shape index (κ1) is 11.5. The van der Waals surface area contributed by atoms with Crippen LogP contribution in [0.1, 0.15) is 35.7 Å². The van der Waals surface area contributed by atoms with Crippen LogP contribution in [0.25, 0.3) is 0 Å². The fourth-order valence-electron chi connectivity index (χ4n) is 2.46. The Hall–Kier alpha value is -1.61. The Morgan fingerprint density at radius 1 is 1.28 bits per heavy atom. The van der Waals surface area contributed by atoms with Crippen LogP contribution in [0.5, 0.6) is 0 Å². The number of benzene rings is 1. The van der Waals surface area contributed by atoms with Crippen LogP contribution in [0.15, 0.2) is 36.8 Å². The molecule has 0 amide bonds. The van der Waals surface area contributed by atoms with E-state index >= 15 is 0 Å². The lowest BCUT2D eigenvalue weighted by molar-refractivity contribution is 0.418. The fraction of sp³-hybridized carbons (Fsp3) is 0.400. The van der Waals surface area contributed by atoms with Gasteiger partial charge in [-0.25, -0.2) is 4.98 Å². The summed E-state index contributed by atoms with van der Waals surface area (Å²) < 4.78 is 2.30. The van der Waals surface area contributed by atoms with Gasteiger partial charge in [-0.05, 0) is 19.4 Å². The van der Waals surface area contributed by atoms with Gasteiger partial charge < -0.3 is 9.88 Å². The Kier molecular flexibility index (Phi) is 2.92. The van der Waals surface area contributed by atoms with Crippen LogP contribution in [0.4, 0.5) is 0 Å². The summed E-state index contributed by atoms with van der Waals surface area (Å²) in [7, 11) is 0. The molecule has 1 aliphatic heterocycles. The van der Waals surface area contributed by atoms with Crippen LogP contribution in [-0.4, -0.2) is 22.6 Å². The number of rotatable bonds is 3. The Morgan fingerprint density at radius 2 is 2.00 bits per heavy atom. The van der Waals surface area contributed by atoms with E-state index < -0.39 is 0 Å². The van der Waals surface area contributed by atoms with Crippen molar-refractivity contribution in [3.63, 3.8) is 0 Å². The van der Waals surface area contributed by atoms with E-state index in [-0.39, 0.29) is 0 Å². The second-order valence-corrected chi connectivity index (χ2v) is 5.17. The second kappa shape index (κ2) is 4.58. The smallest absolute Gasteiger partial charge is 0.0953 e. The molecule has 1 unspecified atom stereocenters. The largest absolute Gasteiger partial charge is 0.327 e. The zero-order chi connectivity index (χ0) is 12.5. The topological polar surface area (TPSA) is 29.9 Å². The molecular weight excluding hydrogens is 222 g/mol. The molecule has 3 heteroatoms. The zero-order valence-electron chi connectivity index (χ0n) is 10.9. The molecule has 3 nitrogen and oxygen atoms in total. The van der Waals surface area contributed by atoms with Gasteiger partial charge in [-0.15, -0.1) is 0 Å². The highest BCUT2D eigenvalue weighted by Crippen LogP contribution is 2.26. The molecule has 0 saturated carbocycles. The summed E-state index contributed by atoms with van der Waals surface area (Å²) >= 11 is 0. The van der Waals surface area contributed by atoms with Crippen LogP contribution < -0.4 is 5.32 Å². The molecule has 0 spiro atoms. The molecule has 1 aliphatic rings. The highest BCUT2D eigenvalue weighted by Gasteiger charge is 2.24. The molecule has 1 saturated heterocycles. The van der Waals surface area contributed by atoms with Crippen LogP contribution in [0, 0.1) is 6.92 Å². The van der Waals surface area contributed by atoms with Crippen molar-refractivity contribution in [1.29, 1.82) is 0 Å². The minimum absolute atomic E-state index is 0.351.